The molecular formula is C14H16N2O5. The molecular weight excluding hydrogens is 276 g/mol. The number of amides is 1. The molecule has 1 aliphatic heterocycles. The maximum atomic E-state index is 12.4. The highest BCUT2D eigenvalue weighted by Gasteiger charge is 2.24. The Balaban J connectivity index is 2.23. The van der Waals surface area contributed by atoms with Gasteiger partial charge in [0.25, 0.3) is 5.91 Å². The number of aliphatic carboxylic acids is 1. The highest BCUT2D eigenvalue weighted by atomic mass is 16.5. The van der Waals surface area contributed by atoms with Gasteiger partial charge in [0.15, 0.2) is 12.4 Å². The van der Waals surface area contributed by atoms with Crippen molar-refractivity contribution >= 4 is 23.3 Å². The second-order valence-electron chi connectivity index (χ2n) is 4.62. The maximum Gasteiger partial charge on any atom is 0.305 e. The highest BCUT2D eigenvalue weighted by Crippen LogP contribution is 2.29. The van der Waals surface area contributed by atoms with Gasteiger partial charge in [-0.2, -0.15) is 0 Å². The van der Waals surface area contributed by atoms with Crippen molar-refractivity contribution < 1.29 is 24.2 Å². The van der Waals surface area contributed by atoms with Gasteiger partial charge in [0.1, 0.15) is 5.75 Å². The minimum absolute atomic E-state index is 0.0562. The zero-order valence-corrected chi connectivity index (χ0v) is 11.5. The number of carboxylic acids is 1. The molecule has 112 valence electrons. The number of hydrogen-bond acceptors (Lipinski definition) is 5. The Hall–Kier alpha value is -2.41. The van der Waals surface area contributed by atoms with Crippen LogP contribution in [0.3, 0.4) is 0 Å². The van der Waals surface area contributed by atoms with E-state index >= 15 is 0 Å². The second kappa shape index (κ2) is 6.36. The van der Waals surface area contributed by atoms with Gasteiger partial charge in [0, 0.05) is 5.56 Å². The molecule has 0 spiro atoms. The summed E-state index contributed by atoms with van der Waals surface area (Å²) in [4.78, 5) is 34.5. The fourth-order valence-electron chi connectivity index (χ4n) is 2.12. The molecule has 1 unspecified atom stereocenters. The predicted molar refractivity (Wildman–Crippen MR) is 74.6 cm³/mol. The van der Waals surface area contributed by atoms with E-state index in [0.717, 1.165) is 0 Å². The van der Waals surface area contributed by atoms with Gasteiger partial charge in [-0.05, 0) is 24.7 Å². The number of rotatable bonds is 6. The fourth-order valence-corrected chi connectivity index (χ4v) is 2.12. The molecule has 3 N–H and O–H groups in total. The summed E-state index contributed by atoms with van der Waals surface area (Å²) < 4.78 is 5.21. The number of ether oxygens (including phenoxy) is 1. The molecule has 0 radical (unpaired) electrons. The van der Waals surface area contributed by atoms with E-state index in [1.807, 2.05) is 0 Å². The summed E-state index contributed by atoms with van der Waals surface area (Å²) in [5.74, 6) is -1.18. The molecule has 1 amide bonds. The van der Waals surface area contributed by atoms with Gasteiger partial charge in [0.2, 0.25) is 0 Å². The van der Waals surface area contributed by atoms with Gasteiger partial charge in [-0.25, -0.2) is 0 Å². The number of Topliss-reactive ketones (excluding diaryl/α,β-unsaturated/α-hetero) is 1. The summed E-state index contributed by atoms with van der Waals surface area (Å²) >= 11 is 0. The lowest BCUT2D eigenvalue weighted by molar-refractivity contribution is -0.137. The smallest absolute Gasteiger partial charge is 0.305 e. The fraction of sp³-hybridized carbons (Fsp3) is 0.357. The number of carbonyl (C=O) groups excluding carboxylic acids is 2. The van der Waals surface area contributed by atoms with Crippen LogP contribution in [0.1, 0.15) is 23.7 Å². The van der Waals surface area contributed by atoms with Crippen LogP contribution < -0.4 is 15.4 Å². The van der Waals surface area contributed by atoms with Crippen LogP contribution in [0, 0.1) is 0 Å². The average Bonchev–Trinajstić information content (AvgIpc) is 2.44. The topological polar surface area (TPSA) is 105 Å². The number of likely N-dealkylation sites (N-methyl/N-ethyl adjacent to an activating group) is 1. The summed E-state index contributed by atoms with van der Waals surface area (Å²) in [6.45, 7) is 2.22. The molecule has 0 saturated carbocycles. The van der Waals surface area contributed by atoms with Gasteiger partial charge in [0.05, 0.1) is 18.2 Å². The quantitative estimate of drug-likeness (QED) is 0.665. The number of carbonyl (C=O) groups is 3. The standard InChI is InChI=1S/C14H16N2O5/c1-2-15-10(6-13(18)19)14(20)8-3-4-11-9(5-8)16-12(17)7-21-11/h3-5,10,15H,2,6-7H2,1H3,(H,16,17)(H,18,19). The Kier molecular flexibility index (Phi) is 4.54. The molecule has 1 aromatic rings. The van der Waals surface area contributed by atoms with Gasteiger partial charge >= 0.3 is 5.97 Å². The van der Waals surface area contributed by atoms with E-state index in [1.165, 1.54) is 6.07 Å². The summed E-state index contributed by atoms with van der Waals surface area (Å²) in [5.41, 5.74) is 0.745. The third-order valence-corrected chi connectivity index (χ3v) is 3.04. The van der Waals surface area contributed by atoms with E-state index in [4.69, 9.17) is 9.84 Å². The van der Waals surface area contributed by atoms with Gasteiger partial charge in [-0.15, -0.1) is 0 Å². The number of hydrogen-bond donors (Lipinski definition) is 3. The lowest BCUT2D eigenvalue weighted by Gasteiger charge is -2.20. The van der Waals surface area contributed by atoms with Crippen molar-refractivity contribution in [2.24, 2.45) is 0 Å². The van der Waals surface area contributed by atoms with Crippen molar-refractivity contribution in [3.8, 4) is 5.75 Å². The van der Waals surface area contributed by atoms with Crippen LogP contribution in [0.4, 0.5) is 5.69 Å². The van der Waals surface area contributed by atoms with Crippen molar-refractivity contribution in [1.82, 2.24) is 5.32 Å². The third kappa shape index (κ3) is 3.57. The molecule has 1 aliphatic rings. The van der Waals surface area contributed by atoms with Gasteiger partial charge in [-0.3, -0.25) is 14.4 Å². The lowest BCUT2D eigenvalue weighted by atomic mass is 10.0. The first kappa shape index (κ1) is 15.0. The Morgan fingerprint density at radius 1 is 1.48 bits per heavy atom. The zero-order chi connectivity index (χ0) is 15.4. The monoisotopic (exact) mass is 292 g/mol. The third-order valence-electron chi connectivity index (χ3n) is 3.04. The van der Waals surface area contributed by atoms with E-state index in [2.05, 4.69) is 10.6 Å². The first-order valence-corrected chi connectivity index (χ1v) is 6.57. The molecule has 1 heterocycles. The first-order valence-electron chi connectivity index (χ1n) is 6.57. The Morgan fingerprint density at radius 2 is 2.24 bits per heavy atom. The molecule has 1 aromatic carbocycles. The van der Waals surface area contributed by atoms with Gasteiger partial charge < -0.3 is 20.5 Å². The summed E-state index contributed by atoms with van der Waals surface area (Å²) in [6.07, 6.45) is -0.299. The largest absolute Gasteiger partial charge is 0.482 e. The van der Waals surface area contributed by atoms with Crippen molar-refractivity contribution in [2.45, 2.75) is 19.4 Å². The summed E-state index contributed by atoms with van der Waals surface area (Å²) in [6, 6.07) is 3.85. The molecule has 0 saturated heterocycles. The van der Waals surface area contributed by atoms with Gasteiger partial charge in [-0.1, -0.05) is 6.92 Å². The summed E-state index contributed by atoms with van der Waals surface area (Å²) in [7, 11) is 0. The number of ketones is 1. The molecule has 0 aromatic heterocycles. The molecule has 2 rings (SSSR count). The molecule has 21 heavy (non-hydrogen) atoms. The van der Waals surface area contributed by atoms with Crippen molar-refractivity contribution in [3.05, 3.63) is 23.8 Å². The van der Waals surface area contributed by atoms with Crippen LogP contribution in [0.2, 0.25) is 0 Å². The Labute approximate surface area is 121 Å². The van der Waals surface area contributed by atoms with Crippen LogP contribution in [0.15, 0.2) is 18.2 Å². The van der Waals surface area contributed by atoms with E-state index in [-0.39, 0.29) is 24.7 Å². The zero-order valence-electron chi connectivity index (χ0n) is 11.5. The highest BCUT2D eigenvalue weighted by molar-refractivity contribution is 6.04. The minimum Gasteiger partial charge on any atom is -0.482 e. The van der Waals surface area contributed by atoms with E-state index in [9.17, 15) is 14.4 Å². The SMILES string of the molecule is CCNC(CC(=O)O)C(=O)c1ccc2c(c1)NC(=O)CO2. The van der Waals surface area contributed by atoms with Crippen LogP contribution >= 0.6 is 0 Å². The number of fused-ring (bicyclic) bond motifs is 1. The number of nitrogens with one attached hydrogen (secondary N) is 2. The molecule has 0 aliphatic carbocycles. The Bertz CT molecular complexity index is 585. The first-order chi connectivity index (χ1) is 10.0. The number of benzene rings is 1. The van der Waals surface area contributed by atoms with Crippen LogP contribution in [-0.2, 0) is 9.59 Å². The van der Waals surface area contributed by atoms with Crippen LogP contribution in [0.25, 0.3) is 0 Å². The molecule has 0 bridgehead atoms. The second-order valence-corrected chi connectivity index (χ2v) is 4.62. The van der Waals surface area contributed by atoms with E-state index < -0.39 is 12.0 Å². The predicted octanol–water partition coefficient (Wildman–Crippen LogP) is 0.653. The summed E-state index contributed by atoms with van der Waals surface area (Å²) in [5, 5.41) is 14.3. The van der Waals surface area contributed by atoms with Crippen LogP contribution in [-0.4, -0.2) is 42.0 Å². The van der Waals surface area contributed by atoms with E-state index in [0.29, 0.717) is 23.5 Å². The molecule has 7 heteroatoms. The van der Waals surface area contributed by atoms with Crippen LogP contribution in [0.5, 0.6) is 5.75 Å². The number of anilines is 1. The molecule has 7 nitrogen and oxygen atoms in total. The van der Waals surface area contributed by atoms with Crippen molar-refractivity contribution in [2.75, 3.05) is 18.5 Å². The Morgan fingerprint density at radius 3 is 2.90 bits per heavy atom. The normalized spacial score (nSPS) is 14.6. The lowest BCUT2D eigenvalue weighted by Crippen LogP contribution is -2.38. The average molecular weight is 292 g/mol. The minimum atomic E-state index is -1.05. The number of carboxylic acid groups (broad SMARTS) is 1. The molecule has 1 atom stereocenters. The maximum absolute atomic E-state index is 12.4. The van der Waals surface area contributed by atoms with Crippen molar-refractivity contribution in [1.29, 1.82) is 0 Å². The van der Waals surface area contributed by atoms with Crippen molar-refractivity contribution in [3.63, 3.8) is 0 Å². The van der Waals surface area contributed by atoms with E-state index in [1.54, 1.807) is 19.1 Å². The molecule has 0 fully saturated rings.